The van der Waals surface area contributed by atoms with Crippen molar-refractivity contribution in [2.45, 2.75) is 18.6 Å². The highest BCUT2D eigenvalue weighted by Crippen LogP contribution is 2.42. The Labute approximate surface area is 136 Å². The van der Waals surface area contributed by atoms with Crippen molar-refractivity contribution in [3.05, 3.63) is 62.0 Å². The number of hydrogen-bond donors (Lipinski definition) is 1. The van der Waals surface area contributed by atoms with Crippen molar-refractivity contribution in [2.24, 2.45) is 5.73 Å². The molecule has 0 saturated carbocycles. The Morgan fingerprint density at radius 3 is 2.60 bits per heavy atom. The van der Waals surface area contributed by atoms with Gasteiger partial charge in [-0.1, -0.05) is 51.3 Å². The van der Waals surface area contributed by atoms with Crippen LogP contribution in [0.15, 0.2) is 40.9 Å². The topological polar surface area (TPSA) is 35.2 Å². The molecule has 5 heteroatoms. The normalized spacial score (nSPS) is 21.2. The molecule has 2 N–H and O–H groups in total. The Kier molecular flexibility index (Phi) is 3.95. The summed E-state index contributed by atoms with van der Waals surface area (Å²) in [4.78, 5) is 0. The molecule has 0 radical (unpaired) electrons. The number of nitrogens with two attached hydrogens (primary N) is 1. The van der Waals surface area contributed by atoms with E-state index in [9.17, 15) is 0 Å². The van der Waals surface area contributed by atoms with Crippen LogP contribution in [0.1, 0.15) is 29.7 Å². The zero-order valence-electron chi connectivity index (χ0n) is 10.4. The van der Waals surface area contributed by atoms with Gasteiger partial charge in [-0.2, -0.15) is 0 Å². The van der Waals surface area contributed by atoms with Crippen molar-refractivity contribution in [1.82, 2.24) is 0 Å². The SMILES string of the molecule is N[C@@H]1CC(c2ccc(Cl)cc2Cl)Oc2cc(Br)ccc21. The average molecular weight is 373 g/mol. The summed E-state index contributed by atoms with van der Waals surface area (Å²) in [5, 5.41) is 1.22. The van der Waals surface area contributed by atoms with Crippen LogP contribution in [-0.2, 0) is 0 Å². The number of halogens is 3. The van der Waals surface area contributed by atoms with Gasteiger partial charge in [-0.25, -0.2) is 0 Å². The lowest BCUT2D eigenvalue weighted by molar-refractivity contribution is 0.161. The first-order chi connectivity index (χ1) is 9.54. The summed E-state index contributed by atoms with van der Waals surface area (Å²) in [6.45, 7) is 0. The van der Waals surface area contributed by atoms with Crippen LogP contribution in [-0.4, -0.2) is 0 Å². The molecule has 0 aliphatic carbocycles. The molecule has 3 rings (SSSR count). The summed E-state index contributed by atoms with van der Waals surface area (Å²) in [6, 6.07) is 11.3. The molecule has 0 aromatic heterocycles. The van der Waals surface area contributed by atoms with Crippen LogP contribution in [0.25, 0.3) is 0 Å². The Morgan fingerprint density at radius 1 is 1.10 bits per heavy atom. The molecule has 0 bridgehead atoms. The van der Waals surface area contributed by atoms with Gasteiger partial charge in [-0.15, -0.1) is 0 Å². The van der Waals surface area contributed by atoms with Gasteiger partial charge in [-0.3, -0.25) is 0 Å². The van der Waals surface area contributed by atoms with E-state index in [1.54, 1.807) is 6.07 Å². The first-order valence-electron chi connectivity index (χ1n) is 6.21. The third kappa shape index (κ3) is 2.68. The molecule has 0 amide bonds. The number of benzene rings is 2. The monoisotopic (exact) mass is 371 g/mol. The van der Waals surface area contributed by atoms with Gasteiger partial charge < -0.3 is 10.5 Å². The van der Waals surface area contributed by atoms with E-state index in [0.29, 0.717) is 16.5 Å². The molecule has 2 nitrogen and oxygen atoms in total. The minimum Gasteiger partial charge on any atom is -0.485 e. The molecule has 1 heterocycles. The second-order valence-corrected chi connectivity index (χ2v) is 6.56. The van der Waals surface area contributed by atoms with Gasteiger partial charge in [0.05, 0.1) is 0 Å². The standard InChI is InChI=1S/C15H12BrCl2NO/c16-8-1-3-11-13(19)7-15(20-14(11)5-8)10-4-2-9(17)6-12(10)18/h1-6,13,15H,7,19H2/t13-,15?/m1/s1. The zero-order chi connectivity index (χ0) is 14.3. The quantitative estimate of drug-likeness (QED) is 0.738. The molecule has 2 aromatic carbocycles. The maximum atomic E-state index is 6.25. The van der Waals surface area contributed by atoms with E-state index in [0.717, 1.165) is 21.3 Å². The van der Waals surface area contributed by atoms with Gasteiger partial charge in [0.2, 0.25) is 0 Å². The van der Waals surface area contributed by atoms with Crippen LogP contribution in [0.2, 0.25) is 10.0 Å². The number of ether oxygens (including phenoxy) is 1. The summed E-state index contributed by atoms with van der Waals surface area (Å²) in [5.74, 6) is 0.800. The second kappa shape index (κ2) is 5.57. The van der Waals surface area contributed by atoms with E-state index in [4.69, 9.17) is 33.7 Å². The van der Waals surface area contributed by atoms with Gasteiger partial charge in [0, 0.05) is 38.1 Å². The molecule has 1 aliphatic heterocycles. The van der Waals surface area contributed by atoms with Crippen LogP contribution in [0.5, 0.6) is 5.75 Å². The van der Waals surface area contributed by atoms with Crippen molar-refractivity contribution in [3.63, 3.8) is 0 Å². The molecular formula is C15H12BrCl2NO. The predicted octanol–water partition coefficient (Wildman–Crippen LogP) is 5.28. The summed E-state index contributed by atoms with van der Waals surface area (Å²) in [6.07, 6.45) is 0.535. The summed E-state index contributed by atoms with van der Waals surface area (Å²) >= 11 is 15.6. The van der Waals surface area contributed by atoms with Crippen LogP contribution in [0, 0.1) is 0 Å². The largest absolute Gasteiger partial charge is 0.485 e. The van der Waals surface area contributed by atoms with Gasteiger partial charge in [0.25, 0.3) is 0 Å². The van der Waals surface area contributed by atoms with Crippen molar-refractivity contribution < 1.29 is 4.74 Å². The molecule has 2 atom stereocenters. The third-order valence-electron chi connectivity index (χ3n) is 3.42. The van der Waals surface area contributed by atoms with Crippen LogP contribution >= 0.6 is 39.1 Å². The smallest absolute Gasteiger partial charge is 0.127 e. The zero-order valence-corrected chi connectivity index (χ0v) is 13.5. The van der Waals surface area contributed by atoms with E-state index in [2.05, 4.69) is 15.9 Å². The Bertz CT molecular complexity index is 662. The summed E-state index contributed by atoms with van der Waals surface area (Å²) < 4.78 is 7.02. The lowest BCUT2D eigenvalue weighted by Gasteiger charge is -2.31. The summed E-state index contributed by atoms with van der Waals surface area (Å²) in [5.41, 5.74) is 8.18. The highest BCUT2D eigenvalue weighted by atomic mass is 79.9. The van der Waals surface area contributed by atoms with Crippen molar-refractivity contribution >= 4 is 39.1 Å². The average Bonchev–Trinajstić information content (AvgIpc) is 2.37. The summed E-state index contributed by atoms with van der Waals surface area (Å²) in [7, 11) is 0. The fourth-order valence-corrected chi connectivity index (χ4v) is 3.30. The fraction of sp³-hybridized carbons (Fsp3) is 0.200. The van der Waals surface area contributed by atoms with Crippen LogP contribution < -0.4 is 10.5 Å². The molecule has 104 valence electrons. The lowest BCUT2D eigenvalue weighted by Crippen LogP contribution is -2.24. The Balaban J connectivity index is 1.98. The van der Waals surface area contributed by atoms with Crippen LogP contribution in [0.4, 0.5) is 0 Å². The minimum absolute atomic E-state index is 0.0661. The highest BCUT2D eigenvalue weighted by molar-refractivity contribution is 9.10. The van der Waals surface area contributed by atoms with Gasteiger partial charge in [0.1, 0.15) is 11.9 Å². The van der Waals surface area contributed by atoms with Crippen molar-refractivity contribution in [1.29, 1.82) is 0 Å². The van der Waals surface area contributed by atoms with E-state index >= 15 is 0 Å². The number of fused-ring (bicyclic) bond motifs is 1. The molecule has 20 heavy (non-hydrogen) atoms. The van der Waals surface area contributed by atoms with Crippen molar-refractivity contribution in [3.8, 4) is 5.75 Å². The van der Waals surface area contributed by atoms with E-state index in [-0.39, 0.29) is 12.1 Å². The highest BCUT2D eigenvalue weighted by Gasteiger charge is 2.28. The van der Waals surface area contributed by atoms with Gasteiger partial charge in [-0.05, 0) is 24.3 Å². The second-order valence-electron chi connectivity index (χ2n) is 4.80. The van der Waals surface area contributed by atoms with E-state index in [1.807, 2.05) is 30.3 Å². The molecular weight excluding hydrogens is 361 g/mol. The van der Waals surface area contributed by atoms with Gasteiger partial charge >= 0.3 is 0 Å². The molecule has 0 fully saturated rings. The fourth-order valence-electron chi connectivity index (χ4n) is 2.43. The molecule has 0 spiro atoms. The number of hydrogen-bond acceptors (Lipinski definition) is 2. The molecule has 2 aromatic rings. The van der Waals surface area contributed by atoms with Gasteiger partial charge in [0.15, 0.2) is 0 Å². The third-order valence-corrected chi connectivity index (χ3v) is 4.48. The maximum absolute atomic E-state index is 6.25. The molecule has 0 saturated heterocycles. The predicted molar refractivity (Wildman–Crippen MR) is 85.5 cm³/mol. The lowest BCUT2D eigenvalue weighted by atomic mass is 9.93. The first kappa shape index (κ1) is 14.2. The maximum Gasteiger partial charge on any atom is 0.127 e. The Hall–Kier alpha value is -0.740. The molecule has 1 unspecified atom stereocenters. The van der Waals surface area contributed by atoms with Crippen molar-refractivity contribution in [2.75, 3.05) is 0 Å². The van der Waals surface area contributed by atoms with E-state index < -0.39 is 0 Å². The minimum atomic E-state index is -0.156. The van der Waals surface area contributed by atoms with E-state index in [1.165, 1.54) is 0 Å². The number of rotatable bonds is 1. The molecule has 1 aliphatic rings. The first-order valence-corrected chi connectivity index (χ1v) is 7.76. The van der Waals surface area contributed by atoms with Crippen LogP contribution in [0.3, 0.4) is 0 Å². The Morgan fingerprint density at radius 2 is 1.85 bits per heavy atom.